The predicted molar refractivity (Wildman–Crippen MR) is 92.7 cm³/mol. The van der Waals surface area contributed by atoms with Gasteiger partial charge in [0.25, 0.3) is 5.56 Å². The second kappa shape index (κ2) is 9.42. The molecule has 1 aliphatic rings. The van der Waals surface area contributed by atoms with E-state index in [9.17, 15) is 24.0 Å². The normalized spacial score (nSPS) is 21.3. The second-order valence-electron chi connectivity index (χ2n) is 6.28. The number of carbonyl (C=O) groups is 3. The number of aromatic amines is 1. The summed E-state index contributed by atoms with van der Waals surface area (Å²) in [5, 5.41) is 8.83. The fourth-order valence-electron chi connectivity index (χ4n) is 2.83. The van der Waals surface area contributed by atoms with Crippen LogP contribution >= 0.6 is 0 Å². The first kappa shape index (κ1) is 21.5. The van der Waals surface area contributed by atoms with Gasteiger partial charge in [0.05, 0.1) is 5.56 Å². The minimum absolute atomic E-state index is 0.0573. The maximum atomic E-state index is 12.2. The van der Waals surface area contributed by atoms with Gasteiger partial charge in [-0.25, -0.2) is 4.79 Å². The van der Waals surface area contributed by atoms with Crippen LogP contribution in [0.15, 0.2) is 15.8 Å². The Kier molecular flexibility index (Phi) is 7.24. The number of ether oxygens (including phenoxy) is 3. The summed E-state index contributed by atoms with van der Waals surface area (Å²) < 4.78 is 16.8. The molecular weight excluding hydrogens is 376 g/mol. The van der Waals surface area contributed by atoms with E-state index < -0.39 is 47.4 Å². The van der Waals surface area contributed by atoms with Crippen molar-refractivity contribution < 1.29 is 33.7 Å². The minimum Gasteiger partial charge on any atom is -0.463 e. The summed E-state index contributed by atoms with van der Waals surface area (Å²) in [6.07, 6.45) is -1.28. The zero-order valence-corrected chi connectivity index (χ0v) is 15.5. The molecular formula is C17H22N2O9. The average molecular weight is 398 g/mol. The first-order valence-corrected chi connectivity index (χ1v) is 8.68. The topological polar surface area (TPSA) is 154 Å². The van der Waals surface area contributed by atoms with Crippen LogP contribution in [-0.2, 0) is 23.8 Å². The summed E-state index contributed by atoms with van der Waals surface area (Å²) in [5.74, 6) is -1.66. The fourth-order valence-corrected chi connectivity index (χ4v) is 2.83. The Morgan fingerprint density at radius 1 is 1.29 bits per heavy atom. The molecule has 0 spiro atoms. The standard InChI is InChI=1S/C17H22N2O9/c1-9(21)26-8-14-13(27-10(2)22)6-15(28-14)19-7-11(12(23)4-3-5-20)16(24)18-17(19)25/h7,13-15,20H,3-6,8H2,1-2H3,(H,18,24,25)/t13-,14+,15+/m0/s1. The number of ketones is 1. The minimum atomic E-state index is -0.946. The molecule has 1 aliphatic heterocycles. The molecule has 0 saturated carbocycles. The molecule has 0 unspecified atom stereocenters. The number of nitrogens with zero attached hydrogens (tertiary/aromatic N) is 1. The lowest BCUT2D eigenvalue weighted by molar-refractivity contribution is -0.155. The molecule has 0 aromatic carbocycles. The van der Waals surface area contributed by atoms with Gasteiger partial charge in [0.2, 0.25) is 0 Å². The van der Waals surface area contributed by atoms with E-state index in [-0.39, 0.29) is 38.0 Å². The van der Waals surface area contributed by atoms with Crippen LogP contribution in [0.4, 0.5) is 0 Å². The lowest BCUT2D eigenvalue weighted by Crippen LogP contribution is -2.35. The van der Waals surface area contributed by atoms with Crippen molar-refractivity contribution in [1.29, 1.82) is 0 Å². The van der Waals surface area contributed by atoms with Crippen molar-refractivity contribution in [2.45, 2.75) is 51.5 Å². The van der Waals surface area contributed by atoms with E-state index in [1.165, 1.54) is 13.8 Å². The van der Waals surface area contributed by atoms with E-state index in [2.05, 4.69) is 4.98 Å². The molecule has 1 fully saturated rings. The molecule has 2 heterocycles. The van der Waals surface area contributed by atoms with Crippen LogP contribution in [0, 0.1) is 0 Å². The zero-order chi connectivity index (χ0) is 20.8. The van der Waals surface area contributed by atoms with E-state index in [4.69, 9.17) is 19.3 Å². The highest BCUT2D eigenvalue weighted by Crippen LogP contribution is 2.30. The first-order chi connectivity index (χ1) is 13.2. The van der Waals surface area contributed by atoms with Crippen LogP contribution in [-0.4, -0.2) is 57.8 Å². The number of aromatic nitrogens is 2. The Balaban J connectivity index is 2.29. The molecule has 11 heteroatoms. The molecule has 2 N–H and O–H groups in total. The molecule has 1 aromatic rings. The molecule has 0 amide bonds. The van der Waals surface area contributed by atoms with Gasteiger partial charge in [0, 0.05) is 39.5 Å². The number of hydrogen-bond acceptors (Lipinski definition) is 9. The number of rotatable bonds is 8. The highest BCUT2D eigenvalue weighted by molar-refractivity contribution is 5.95. The van der Waals surface area contributed by atoms with E-state index in [1.54, 1.807) is 0 Å². The summed E-state index contributed by atoms with van der Waals surface area (Å²) in [6, 6.07) is 0. The lowest BCUT2D eigenvalue weighted by Gasteiger charge is -2.17. The fraction of sp³-hybridized carbons (Fsp3) is 0.588. The largest absolute Gasteiger partial charge is 0.463 e. The molecule has 1 saturated heterocycles. The third-order valence-corrected chi connectivity index (χ3v) is 4.09. The lowest BCUT2D eigenvalue weighted by atomic mass is 10.1. The number of aliphatic hydroxyl groups is 1. The molecule has 28 heavy (non-hydrogen) atoms. The smallest absolute Gasteiger partial charge is 0.330 e. The van der Waals surface area contributed by atoms with Crippen LogP contribution in [0.3, 0.4) is 0 Å². The van der Waals surface area contributed by atoms with Crippen molar-refractivity contribution in [2.75, 3.05) is 13.2 Å². The Bertz CT molecular complexity index is 857. The number of esters is 2. The zero-order valence-electron chi connectivity index (χ0n) is 15.5. The molecule has 11 nitrogen and oxygen atoms in total. The third-order valence-electron chi connectivity index (χ3n) is 4.09. The number of H-pyrrole nitrogens is 1. The summed E-state index contributed by atoms with van der Waals surface area (Å²) in [6.45, 7) is 2.02. The first-order valence-electron chi connectivity index (χ1n) is 8.68. The van der Waals surface area contributed by atoms with Gasteiger partial charge in [-0.2, -0.15) is 0 Å². The summed E-state index contributed by atoms with van der Waals surface area (Å²) >= 11 is 0. The predicted octanol–water partition coefficient (Wildman–Crippen LogP) is -0.726. The SMILES string of the molecule is CC(=O)OC[C@H]1O[C@@H](n2cc(C(=O)CCCO)c(=O)[nH]c2=O)C[C@@H]1OC(C)=O. The molecule has 0 bridgehead atoms. The van der Waals surface area contributed by atoms with E-state index in [0.717, 1.165) is 10.8 Å². The van der Waals surface area contributed by atoms with E-state index in [0.29, 0.717) is 0 Å². The number of hydrogen-bond donors (Lipinski definition) is 2. The maximum absolute atomic E-state index is 12.2. The third kappa shape index (κ3) is 5.36. The highest BCUT2D eigenvalue weighted by atomic mass is 16.6. The van der Waals surface area contributed by atoms with E-state index >= 15 is 0 Å². The molecule has 0 aliphatic carbocycles. The average Bonchev–Trinajstić information content (AvgIpc) is 2.99. The quantitative estimate of drug-likeness (QED) is 0.426. The van der Waals surface area contributed by atoms with Gasteiger partial charge >= 0.3 is 17.6 Å². The van der Waals surface area contributed by atoms with Crippen LogP contribution in [0.2, 0.25) is 0 Å². The van der Waals surface area contributed by atoms with Crippen LogP contribution in [0.5, 0.6) is 0 Å². The highest BCUT2D eigenvalue weighted by Gasteiger charge is 2.40. The number of carbonyl (C=O) groups excluding carboxylic acids is 3. The van der Waals surface area contributed by atoms with Gasteiger partial charge in [-0.05, 0) is 6.42 Å². The summed E-state index contributed by atoms with van der Waals surface area (Å²) in [4.78, 5) is 60.7. The molecule has 154 valence electrons. The van der Waals surface area contributed by atoms with Gasteiger partial charge in [-0.3, -0.25) is 28.7 Å². The maximum Gasteiger partial charge on any atom is 0.330 e. The van der Waals surface area contributed by atoms with Gasteiger partial charge < -0.3 is 19.3 Å². The van der Waals surface area contributed by atoms with Gasteiger partial charge in [0.15, 0.2) is 5.78 Å². The van der Waals surface area contributed by atoms with Crippen molar-refractivity contribution in [1.82, 2.24) is 9.55 Å². The Labute approximate surface area is 159 Å². The van der Waals surface area contributed by atoms with Gasteiger partial charge in [0.1, 0.15) is 25.0 Å². The van der Waals surface area contributed by atoms with Crippen molar-refractivity contribution in [2.24, 2.45) is 0 Å². The van der Waals surface area contributed by atoms with Crippen LogP contribution in [0.1, 0.15) is 49.7 Å². The molecule has 3 atom stereocenters. The van der Waals surface area contributed by atoms with Gasteiger partial charge in [-0.15, -0.1) is 0 Å². The molecule has 0 radical (unpaired) electrons. The number of Topliss-reactive ketones (excluding diaryl/α,β-unsaturated/α-hetero) is 1. The second-order valence-corrected chi connectivity index (χ2v) is 6.28. The number of aliphatic hydroxyl groups excluding tert-OH is 1. The van der Waals surface area contributed by atoms with Gasteiger partial charge in [-0.1, -0.05) is 0 Å². The van der Waals surface area contributed by atoms with Crippen molar-refractivity contribution in [3.63, 3.8) is 0 Å². The molecule has 2 rings (SSSR count). The monoisotopic (exact) mass is 398 g/mol. The number of nitrogens with one attached hydrogen (secondary N) is 1. The Hall–Kier alpha value is -2.79. The van der Waals surface area contributed by atoms with Crippen molar-refractivity contribution >= 4 is 17.7 Å². The molecule has 1 aromatic heterocycles. The Morgan fingerprint density at radius 2 is 2.00 bits per heavy atom. The summed E-state index contributed by atoms with van der Waals surface area (Å²) in [5.41, 5.74) is -1.89. The van der Waals surface area contributed by atoms with Crippen LogP contribution < -0.4 is 11.2 Å². The summed E-state index contributed by atoms with van der Waals surface area (Å²) in [7, 11) is 0. The van der Waals surface area contributed by atoms with Crippen molar-refractivity contribution in [3.05, 3.63) is 32.6 Å². The van der Waals surface area contributed by atoms with E-state index in [1.807, 2.05) is 0 Å². The van der Waals surface area contributed by atoms with Crippen LogP contribution in [0.25, 0.3) is 0 Å². The Morgan fingerprint density at radius 3 is 2.61 bits per heavy atom. The van der Waals surface area contributed by atoms with Crippen molar-refractivity contribution in [3.8, 4) is 0 Å².